The molecular formula is C33H32F2N6O2S. The van der Waals surface area contributed by atoms with Gasteiger partial charge in [-0.1, -0.05) is 12.1 Å². The first kappa shape index (κ1) is 26.7. The summed E-state index contributed by atoms with van der Waals surface area (Å²) in [6.45, 7) is 3.05. The summed E-state index contributed by atoms with van der Waals surface area (Å²) in [5.41, 5.74) is 0.384. The number of nitrogens with zero attached hydrogens (tertiary/aromatic N) is 5. The summed E-state index contributed by atoms with van der Waals surface area (Å²) in [4.78, 5) is 18.6. The standard InChI is InChI=1S/C33H32F2N6O2S/c34-20-12-33(7-1-8-41(33)14-20)17-43-32-38-29-25(31(39-32)40-15-21-4-5-22(16-40)37-21)13-36-28(27(29)35)24-11-23(42)10-19-3-2-18-6-9-44-30(18)26(19)24/h2-3,6,9-11,13,20-22,37,42H,1,4-5,7-8,12,14-17H2/t20-,21-,22+,33+/m1/s1. The average molecular weight is 615 g/mol. The van der Waals surface area contributed by atoms with Gasteiger partial charge in [0.2, 0.25) is 0 Å². The number of alkyl halides is 1. The number of phenols is 1. The second-order valence-corrected chi connectivity index (χ2v) is 13.8. The van der Waals surface area contributed by atoms with Crippen LogP contribution in [0.5, 0.6) is 11.8 Å². The number of anilines is 1. The minimum absolute atomic E-state index is 0.0384. The third kappa shape index (κ3) is 4.16. The number of rotatable bonds is 5. The van der Waals surface area contributed by atoms with E-state index in [4.69, 9.17) is 9.72 Å². The van der Waals surface area contributed by atoms with Crippen molar-refractivity contribution in [2.24, 2.45) is 0 Å². The van der Waals surface area contributed by atoms with Crippen LogP contribution in [-0.2, 0) is 0 Å². The third-order valence-electron chi connectivity index (χ3n) is 10.2. The number of halogens is 2. The molecule has 0 saturated carbocycles. The van der Waals surface area contributed by atoms with E-state index < -0.39 is 12.0 Å². The molecule has 0 aliphatic carbocycles. The normalized spacial score (nSPS) is 26.8. The summed E-state index contributed by atoms with van der Waals surface area (Å²) >= 11 is 1.58. The van der Waals surface area contributed by atoms with Crippen molar-refractivity contribution in [1.82, 2.24) is 25.2 Å². The van der Waals surface area contributed by atoms with Crippen LogP contribution >= 0.6 is 11.3 Å². The van der Waals surface area contributed by atoms with Gasteiger partial charge >= 0.3 is 6.01 Å². The van der Waals surface area contributed by atoms with Gasteiger partial charge in [-0.25, -0.2) is 8.78 Å². The van der Waals surface area contributed by atoms with Crippen molar-refractivity contribution < 1.29 is 18.6 Å². The van der Waals surface area contributed by atoms with Crippen molar-refractivity contribution in [2.75, 3.05) is 37.7 Å². The Bertz CT molecular complexity index is 1940. The van der Waals surface area contributed by atoms with Crippen LogP contribution < -0.4 is 15.0 Å². The molecule has 7 heterocycles. The van der Waals surface area contributed by atoms with E-state index in [1.165, 1.54) is 0 Å². The van der Waals surface area contributed by atoms with E-state index in [1.807, 2.05) is 23.6 Å². The van der Waals surface area contributed by atoms with Crippen LogP contribution in [0.2, 0.25) is 0 Å². The number of ether oxygens (including phenoxy) is 1. The van der Waals surface area contributed by atoms with Crippen molar-refractivity contribution in [3.63, 3.8) is 0 Å². The molecule has 4 atom stereocenters. The monoisotopic (exact) mass is 614 g/mol. The van der Waals surface area contributed by atoms with Crippen molar-refractivity contribution >= 4 is 48.9 Å². The molecular weight excluding hydrogens is 582 g/mol. The Kier molecular flexibility index (Phi) is 6.02. The SMILES string of the molecule is Oc1cc(-c2ncc3c(N4C[C@H]5CC[C@@H](C4)N5)nc(OC[C@@]45CCCN4C[C@H](F)C5)nc3c2F)c2c(ccc3ccsc32)c1. The number of aromatic nitrogens is 3. The molecule has 4 aliphatic heterocycles. The summed E-state index contributed by atoms with van der Waals surface area (Å²) in [5.74, 6) is 0.0646. The summed E-state index contributed by atoms with van der Waals surface area (Å²) in [7, 11) is 0. The largest absolute Gasteiger partial charge is 0.508 e. The Morgan fingerprint density at radius 1 is 1.09 bits per heavy atom. The van der Waals surface area contributed by atoms with Crippen LogP contribution in [-0.4, -0.2) is 81.5 Å². The van der Waals surface area contributed by atoms with E-state index in [-0.39, 0.29) is 35.1 Å². The number of hydrogen-bond donors (Lipinski definition) is 2. The lowest BCUT2D eigenvalue weighted by Crippen LogP contribution is -2.51. The quantitative estimate of drug-likeness (QED) is 0.257. The minimum atomic E-state index is -0.874. The van der Waals surface area contributed by atoms with Crippen molar-refractivity contribution in [3.05, 3.63) is 47.7 Å². The number of piperazine rings is 1. The molecule has 0 amide bonds. The minimum Gasteiger partial charge on any atom is -0.508 e. The molecule has 5 aromatic rings. The first-order valence-corrected chi connectivity index (χ1v) is 16.3. The number of nitrogens with one attached hydrogen (secondary N) is 1. The molecule has 4 saturated heterocycles. The van der Waals surface area contributed by atoms with Gasteiger partial charge in [0.1, 0.15) is 35.6 Å². The lowest BCUT2D eigenvalue weighted by molar-refractivity contribution is 0.107. The van der Waals surface area contributed by atoms with Gasteiger partial charge in [0, 0.05) is 60.0 Å². The van der Waals surface area contributed by atoms with E-state index >= 15 is 4.39 Å². The molecule has 2 aromatic carbocycles. The van der Waals surface area contributed by atoms with Crippen molar-refractivity contribution in [2.45, 2.75) is 55.9 Å². The van der Waals surface area contributed by atoms with E-state index in [2.05, 4.69) is 25.1 Å². The smallest absolute Gasteiger partial charge is 0.319 e. The van der Waals surface area contributed by atoms with Gasteiger partial charge in [0.25, 0.3) is 0 Å². The van der Waals surface area contributed by atoms with Crippen molar-refractivity contribution in [1.29, 1.82) is 0 Å². The second kappa shape index (κ2) is 9.92. The third-order valence-corrected chi connectivity index (χ3v) is 11.1. The van der Waals surface area contributed by atoms with Crippen LogP contribution in [0.3, 0.4) is 0 Å². The van der Waals surface area contributed by atoms with Gasteiger partial charge in [-0.3, -0.25) is 9.88 Å². The Labute approximate surface area is 256 Å². The number of thiophene rings is 1. The first-order chi connectivity index (χ1) is 21.4. The molecule has 0 spiro atoms. The number of pyridine rings is 1. The van der Waals surface area contributed by atoms with Gasteiger partial charge in [-0.2, -0.15) is 9.97 Å². The van der Waals surface area contributed by atoms with Gasteiger partial charge in [0.05, 0.1) is 10.9 Å². The van der Waals surface area contributed by atoms with Gasteiger partial charge in [-0.15, -0.1) is 11.3 Å². The molecule has 9 rings (SSSR count). The fourth-order valence-corrected chi connectivity index (χ4v) is 9.15. The van der Waals surface area contributed by atoms with E-state index in [1.54, 1.807) is 29.7 Å². The van der Waals surface area contributed by atoms with Gasteiger partial charge in [0.15, 0.2) is 5.82 Å². The number of phenolic OH excluding ortho intramolecular Hbond substituents is 1. The molecule has 8 nitrogen and oxygen atoms in total. The highest BCUT2D eigenvalue weighted by atomic mass is 32.1. The Morgan fingerprint density at radius 3 is 2.80 bits per heavy atom. The van der Waals surface area contributed by atoms with Crippen molar-refractivity contribution in [3.8, 4) is 23.0 Å². The second-order valence-electron chi connectivity index (χ2n) is 12.9. The molecule has 44 heavy (non-hydrogen) atoms. The van der Waals surface area contributed by atoms with E-state index in [0.717, 1.165) is 66.2 Å². The molecule has 11 heteroatoms. The zero-order chi connectivity index (χ0) is 29.6. The Hall–Kier alpha value is -3.67. The van der Waals surface area contributed by atoms with Crippen LogP contribution in [0.15, 0.2) is 41.9 Å². The maximum Gasteiger partial charge on any atom is 0.319 e. The zero-order valence-corrected chi connectivity index (χ0v) is 24.9. The molecule has 4 fully saturated rings. The average Bonchev–Trinajstić information content (AvgIpc) is 3.79. The molecule has 2 bridgehead atoms. The summed E-state index contributed by atoms with van der Waals surface area (Å²) in [6, 6.07) is 10.0. The van der Waals surface area contributed by atoms with E-state index in [9.17, 15) is 9.50 Å². The summed E-state index contributed by atoms with van der Waals surface area (Å²) in [6.07, 6.45) is 5.26. The number of fused-ring (bicyclic) bond motifs is 7. The predicted molar refractivity (Wildman–Crippen MR) is 168 cm³/mol. The fourth-order valence-electron chi connectivity index (χ4n) is 8.19. The fraction of sp³-hybridized carbons (Fsp3) is 0.424. The predicted octanol–water partition coefficient (Wildman–Crippen LogP) is 5.80. The maximum absolute atomic E-state index is 16.9. The topological polar surface area (TPSA) is 86.6 Å². The maximum atomic E-state index is 16.9. The first-order valence-electron chi connectivity index (χ1n) is 15.5. The Balaban J connectivity index is 1.20. The molecule has 226 valence electrons. The number of aromatic hydroxyl groups is 1. The lowest BCUT2D eigenvalue weighted by Gasteiger charge is -2.34. The molecule has 0 unspecified atom stereocenters. The molecule has 2 N–H and O–H groups in total. The summed E-state index contributed by atoms with van der Waals surface area (Å²) in [5, 5.41) is 19.5. The number of benzene rings is 2. The molecule has 0 radical (unpaired) electrons. The molecule has 4 aliphatic rings. The van der Waals surface area contributed by atoms with Crippen LogP contribution in [0, 0.1) is 5.82 Å². The lowest BCUT2D eigenvalue weighted by atomic mass is 9.95. The highest BCUT2D eigenvalue weighted by Gasteiger charge is 2.49. The van der Waals surface area contributed by atoms with Crippen LogP contribution in [0.25, 0.3) is 43.0 Å². The van der Waals surface area contributed by atoms with Crippen LogP contribution in [0.4, 0.5) is 14.6 Å². The highest BCUT2D eigenvalue weighted by Crippen LogP contribution is 2.43. The van der Waals surface area contributed by atoms with E-state index in [0.29, 0.717) is 41.8 Å². The van der Waals surface area contributed by atoms with Crippen LogP contribution in [0.1, 0.15) is 32.1 Å². The van der Waals surface area contributed by atoms with Gasteiger partial charge < -0.3 is 20.1 Å². The zero-order valence-electron chi connectivity index (χ0n) is 24.1. The van der Waals surface area contributed by atoms with Gasteiger partial charge in [-0.05, 0) is 66.6 Å². The Morgan fingerprint density at radius 2 is 1.93 bits per heavy atom. The highest BCUT2D eigenvalue weighted by molar-refractivity contribution is 7.18. The molecule has 3 aromatic heterocycles. The summed E-state index contributed by atoms with van der Waals surface area (Å²) < 4.78 is 38.6. The number of hydrogen-bond acceptors (Lipinski definition) is 9.